The Morgan fingerprint density at radius 1 is 1.67 bits per heavy atom. The van der Waals surface area contributed by atoms with E-state index in [1.54, 1.807) is 11.3 Å². The summed E-state index contributed by atoms with van der Waals surface area (Å²) < 4.78 is 0. The van der Waals surface area contributed by atoms with Crippen molar-refractivity contribution in [3.8, 4) is 0 Å². The lowest BCUT2D eigenvalue weighted by molar-refractivity contribution is 0.314. The van der Waals surface area contributed by atoms with Gasteiger partial charge in [0.25, 0.3) is 0 Å². The van der Waals surface area contributed by atoms with Gasteiger partial charge in [-0.25, -0.2) is 4.98 Å². The number of thiazole rings is 1. The Bertz CT molecular complexity index is 323. The molecule has 1 atom stereocenters. The van der Waals surface area contributed by atoms with Crippen LogP contribution in [-0.2, 0) is 0 Å². The van der Waals surface area contributed by atoms with E-state index < -0.39 is 0 Å². The number of anilines is 1. The van der Waals surface area contributed by atoms with Gasteiger partial charge in [-0.1, -0.05) is 0 Å². The second-order valence-electron chi connectivity index (χ2n) is 4.41. The van der Waals surface area contributed by atoms with Crippen LogP contribution in [0.1, 0.15) is 17.7 Å². The molecule has 4 heteroatoms. The van der Waals surface area contributed by atoms with Crippen LogP contribution in [0.2, 0.25) is 0 Å². The molecule has 2 heterocycles. The van der Waals surface area contributed by atoms with Gasteiger partial charge in [0.05, 0.1) is 0 Å². The summed E-state index contributed by atoms with van der Waals surface area (Å²) in [6.07, 6.45) is 4.62. The van der Waals surface area contributed by atoms with Crippen molar-refractivity contribution < 1.29 is 0 Å². The quantitative estimate of drug-likeness (QED) is 0.784. The van der Waals surface area contributed by atoms with E-state index in [9.17, 15) is 0 Å². The van der Waals surface area contributed by atoms with Crippen LogP contribution in [0.15, 0.2) is 6.20 Å². The number of rotatable bonds is 3. The molecule has 0 radical (unpaired) electrons. The summed E-state index contributed by atoms with van der Waals surface area (Å²) in [6, 6.07) is 0.708. The molecule has 1 aliphatic heterocycles. The average Bonchev–Trinajstić information content (AvgIpc) is 2.77. The number of aromatic nitrogens is 1. The highest BCUT2D eigenvalue weighted by atomic mass is 32.1. The van der Waals surface area contributed by atoms with Crippen LogP contribution in [0, 0.1) is 6.92 Å². The maximum absolute atomic E-state index is 4.41. The van der Waals surface area contributed by atoms with Crippen LogP contribution in [0.3, 0.4) is 0 Å². The molecule has 1 aliphatic rings. The number of nitrogens with zero attached hydrogens (tertiary/aromatic N) is 3. The smallest absolute Gasteiger partial charge is 0.185 e. The third-order valence-electron chi connectivity index (χ3n) is 3.09. The fourth-order valence-electron chi connectivity index (χ4n) is 2.12. The molecule has 15 heavy (non-hydrogen) atoms. The maximum Gasteiger partial charge on any atom is 0.185 e. The fourth-order valence-corrected chi connectivity index (χ4v) is 2.85. The molecule has 0 spiro atoms. The molecular formula is C11H19N3S. The highest BCUT2D eigenvalue weighted by Gasteiger charge is 2.22. The van der Waals surface area contributed by atoms with Crippen molar-refractivity contribution in [1.29, 1.82) is 0 Å². The summed E-state index contributed by atoms with van der Waals surface area (Å²) in [4.78, 5) is 10.4. The van der Waals surface area contributed by atoms with E-state index in [-0.39, 0.29) is 0 Å². The summed E-state index contributed by atoms with van der Waals surface area (Å²) in [5.74, 6) is 0. The minimum absolute atomic E-state index is 0.708. The molecule has 1 unspecified atom stereocenters. The first-order valence-corrected chi connectivity index (χ1v) is 6.32. The molecule has 0 bridgehead atoms. The Morgan fingerprint density at radius 2 is 2.47 bits per heavy atom. The Hall–Kier alpha value is -0.610. The summed E-state index contributed by atoms with van der Waals surface area (Å²) >= 11 is 1.78. The third kappa shape index (κ3) is 2.49. The summed E-state index contributed by atoms with van der Waals surface area (Å²) in [6.45, 7) is 4.45. The fraction of sp³-hybridized carbons (Fsp3) is 0.727. The number of hydrogen-bond donors (Lipinski definition) is 0. The molecule has 1 aromatic rings. The predicted molar refractivity (Wildman–Crippen MR) is 65.8 cm³/mol. The van der Waals surface area contributed by atoms with Gasteiger partial charge >= 0.3 is 0 Å². The number of likely N-dealkylation sites (tertiary alicyclic amines) is 1. The van der Waals surface area contributed by atoms with Crippen molar-refractivity contribution in [3.63, 3.8) is 0 Å². The van der Waals surface area contributed by atoms with Gasteiger partial charge in [-0.3, -0.25) is 0 Å². The second-order valence-corrected chi connectivity index (χ2v) is 5.62. The Kier molecular flexibility index (Phi) is 3.26. The zero-order valence-corrected chi connectivity index (χ0v) is 10.5. The van der Waals surface area contributed by atoms with Crippen LogP contribution >= 0.6 is 11.3 Å². The molecule has 0 aromatic carbocycles. The Balaban J connectivity index is 1.94. The maximum atomic E-state index is 4.41. The first kappa shape index (κ1) is 10.9. The molecule has 1 fully saturated rings. The molecule has 0 N–H and O–H groups in total. The van der Waals surface area contributed by atoms with Crippen LogP contribution in [0.5, 0.6) is 0 Å². The van der Waals surface area contributed by atoms with E-state index in [0.29, 0.717) is 6.04 Å². The van der Waals surface area contributed by atoms with Crippen molar-refractivity contribution in [1.82, 2.24) is 9.88 Å². The molecule has 84 valence electrons. The number of likely N-dealkylation sites (N-methyl/N-ethyl adjacent to an activating group) is 2. The predicted octanol–water partition coefficient (Wildman–Crippen LogP) is 1.98. The van der Waals surface area contributed by atoms with E-state index >= 15 is 0 Å². The van der Waals surface area contributed by atoms with Gasteiger partial charge in [0, 0.05) is 30.7 Å². The summed E-state index contributed by atoms with van der Waals surface area (Å²) in [5.41, 5.74) is 0. The summed E-state index contributed by atoms with van der Waals surface area (Å²) in [5, 5.41) is 1.15. The standard InChI is InChI=1S/C11H19N3S/c1-9-7-12-11(15-9)14(3)8-10-5-4-6-13(10)2/h7,10H,4-6,8H2,1-3H3. The molecular weight excluding hydrogens is 206 g/mol. The van der Waals surface area contributed by atoms with Gasteiger partial charge in [0.1, 0.15) is 0 Å². The van der Waals surface area contributed by atoms with E-state index in [4.69, 9.17) is 0 Å². The third-order valence-corrected chi connectivity index (χ3v) is 4.12. The van der Waals surface area contributed by atoms with Crippen LogP contribution in [-0.4, -0.2) is 43.1 Å². The van der Waals surface area contributed by atoms with E-state index in [1.165, 1.54) is 24.3 Å². The normalized spacial score (nSPS) is 22.2. The van der Waals surface area contributed by atoms with Gasteiger partial charge in [0.15, 0.2) is 5.13 Å². The highest BCUT2D eigenvalue weighted by molar-refractivity contribution is 7.15. The minimum Gasteiger partial charge on any atom is -0.350 e. The van der Waals surface area contributed by atoms with Crippen molar-refractivity contribution in [2.75, 3.05) is 32.1 Å². The Labute approximate surface area is 95.7 Å². The SMILES string of the molecule is Cc1cnc(N(C)CC2CCCN2C)s1. The van der Waals surface area contributed by atoms with Crippen LogP contribution < -0.4 is 4.90 Å². The van der Waals surface area contributed by atoms with E-state index in [0.717, 1.165) is 11.7 Å². The molecule has 2 rings (SSSR count). The van der Waals surface area contributed by atoms with Crippen molar-refractivity contribution in [3.05, 3.63) is 11.1 Å². The first-order valence-electron chi connectivity index (χ1n) is 5.50. The van der Waals surface area contributed by atoms with Crippen LogP contribution in [0.4, 0.5) is 5.13 Å². The number of hydrogen-bond acceptors (Lipinski definition) is 4. The molecule has 0 amide bonds. The van der Waals surface area contributed by atoms with Gasteiger partial charge in [-0.15, -0.1) is 11.3 Å². The zero-order valence-electron chi connectivity index (χ0n) is 9.73. The topological polar surface area (TPSA) is 19.4 Å². The molecule has 0 saturated carbocycles. The number of aryl methyl sites for hydroxylation is 1. The summed E-state index contributed by atoms with van der Waals surface area (Å²) in [7, 11) is 4.36. The first-order chi connectivity index (χ1) is 7.16. The van der Waals surface area contributed by atoms with Crippen molar-refractivity contribution in [2.45, 2.75) is 25.8 Å². The lowest BCUT2D eigenvalue weighted by atomic mass is 10.2. The molecule has 3 nitrogen and oxygen atoms in total. The Morgan fingerprint density at radius 3 is 3.00 bits per heavy atom. The van der Waals surface area contributed by atoms with E-state index in [2.05, 4.69) is 35.8 Å². The van der Waals surface area contributed by atoms with Gasteiger partial charge < -0.3 is 9.80 Å². The molecule has 0 aliphatic carbocycles. The molecule has 1 saturated heterocycles. The monoisotopic (exact) mass is 225 g/mol. The van der Waals surface area contributed by atoms with Crippen molar-refractivity contribution >= 4 is 16.5 Å². The lowest BCUT2D eigenvalue weighted by Crippen LogP contribution is -2.36. The molecule has 1 aromatic heterocycles. The van der Waals surface area contributed by atoms with Crippen LogP contribution in [0.25, 0.3) is 0 Å². The van der Waals surface area contributed by atoms with Gasteiger partial charge in [0.2, 0.25) is 0 Å². The lowest BCUT2D eigenvalue weighted by Gasteiger charge is -2.25. The average molecular weight is 225 g/mol. The minimum atomic E-state index is 0.708. The highest BCUT2D eigenvalue weighted by Crippen LogP contribution is 2.23. The zero-order chi connectivity index (χ0) is 10.8. The van der Waals surface area contributed by atoms with E-state index in [1.807, 2.05) is 6.20 Å². The largest absolute Gasteiger partial charge is 0.350 e. The van der Waals surface area contributed by atoms with Crippen molar-refractivity contribution in [2.24, 2.45) is 0 Å². The second kappa shape index (κ2) is 4.49. The van der Waals surface area contributed by atoms with Gasteiger partial charge in [-0.05, 0) is 33.4 Å². The van der Waals surface area contributed by atoms with Gasteiger partial charge in [-0.2, -0.15) is 0 Å².